The van der Waals surface area contributed by atoms with E-state index >= 15 is 0 Å². The molecule has 6 heteroatoms. The Morgan fingerprint density at radius 3 is 2.57 bits per heavy atom. The van der Waals surface area contributed by atoms with Gasteiger partial charge < -0.3 is 25.3 Å². The van der Waals surface area contributed by atoms with Crippen molar-refractivity contribution in [3.63, 3.8) is 0 Å². The molecule has 0 saturated heterocycles. The van der Waals surface area contributed by atoms with E-state index < -0.39 is 6.09 Å². The third kappa shape index (κ3) is 11.2. The molecule has 0 saturated carbocycles. The molecular weight excluding hydrogens is 188 g/mol. The number of amides is 1. The summed E-state index contributed by atoms with van der Waals surface area (Å²) in [6.07, 6.45) is -0.747. The van der Waals surface area contributed by atoms with E-state index in [2.05, 4.69) is 10.1 Å². The predicted molar refractivity (Wildman–Crippen MR) is 51.1 cm³/mol. The summed E-state index contributed by atoms with van der Waals surface area (Å²) >= 11 is 0. The lowest BCUT2D eigenvalue weighted by atomic mass is 10.6. The fraction of sp³-hybridized carbons (Fsp3) is 0.875. The van der Waals surface area contributed by atoms with Crippen LogP contribution in [-0.4, -0.2) is 52.7 Å². The lowest BCUT2D eigenvalue weighted by molar-refractivity contribution is 0.0714. The van der Waals surface area contributed by atoms with Gasteiger partial charge in [0.1, 0.15) is 6.61 Å². The van der Waals surface area contributed by atoms with Gasteiger partial charge in [-0.2, -0.15) is 0 Å². The molecular formula is C8H18N2O4. The van der Waals surface area contributed by atoms with Gasteiger partial charge in [-0.05, 0) is 0 Å². The molecule has 0 unspecified atom stereocenters. The van der Waals surface area contributed by atoms with Crippen molar-refractivity contribution in [2.45, 2.75) is 0 Å². The van der Waals surface area contributed by atoms with Gasteiger partial charge in [-0.3, -0.25) is 0 Å². The summed E-state index contributed by atoms with van der Waals surface area (Å²) in [7, 11) is 1.63. The van der Waals surface area contributed by atoms with Gasteiger partial charge in [0, 0.05) is 20.2 Å². The first-order valence-electron chi connectivity index (χ1n) is 4.47. The fourth-order valence-electron chi connectivity index (χ4n) is 0.737. The molecule has 0 aliphatic heterocycles. The molecule has 0 rings (SSSR count). The maximum Gasteiger partial charge on any atom is 0.404 e. The van der Waals surface area contributed by atoms with E-state index in [4.69, 9.17) is 15.2 Å². The number of primary amides is 1. The molecule has 0 aliphatic carbocycles. The first kappa shape index (κ1) is 13.2. The highest BCUT2D eigenvalue weighted by Gasteiger charge is 1.92. The van der Waals surface area contributed by atoms with Crippen molar-refractivity contribution in [3.8, 4) is 0 Å². The molecule has 0 heterocycles. The largest absolute Gasteiger partial charge is 0.448 e. The summed E-state index contributed by atoms with van der Waals surface area (Å²) in [5.74, 6) is 0. The van der Waals surface area contributed by atoms with Crippen molar-refractivity contribution in [2.24, 2.45) is 5.73 Å². The molecule has 0 fully saturated rings. The number of methoxy groups -OCH3 is 1. The van der Waals surface area contributed by atoms with Crippen LogP contribution in [0.2, 0.25) is 0 Å². The van der Waals surface area contributed by atoms with E-state index in [0.717, 1.165) is 0 Å². The molecule has 14 heavy (non-hydrogen) atoms. The van der Waals surface area contributed by atoms with Crippen LogP contribution in [-0.2, 0) is 14.2 Å². The van der Waals surface area contributed by atoms with Crippen LogP contribution in [0, 0.1) is 0 Å². The van der Waals surface area contributed by atoms with E-state index in [1.54, 1.807) is 7.11 Å². The van der Waals surface area contributed by atoms with E-state index in [1.807, 2.05) is 0 Å². The summed E-state index contributed by atoms with van der Waals surface area (Å²) in [4.78, 5) is 10.1. The fourth-order valence-corrected chi connectivity index (χ4v) is 0.737. The van der Waals surface area contributed by atoms with Gasteiger partial charge in [-0.15, -0.1) is 0 Å². The highest BCUT2D eigenvalue weighted by molar-refractivity contribution is 5.64. The molecule has 0 aromatic rings. The van der Waals surface area contributed by atoms with Crippen LogP contribution < -0.4 is 11.1 Å². The molecule has 1 amide bonds. The van der Waals surface area contributed by atoms with Crippen LogP contribution in [0.15, 0.2) is 0 Å². The minimum absolute atomic E-state index is 0.285. The van der Waals surface area contributed by atoms with E-state index in [9.17, 15) is 4.79 Å². The van der Waals surface area contributed by atoms with Crippen LogP contribution in [0.1, 0.15) is 0 Å². The smallest absolute Gasteiger partial charge is 0.404 e. The molecule has 0 aromatic carbocycles. The first-order chi connectivity index (χ1) is 6.77. The Labute approximate surface area is 83.7 Å². The van der Waals surface area contributed by atoms with Crippen molar-refractivity contribution in [2.75, 3.05) is 46.6 Å². The number of carbonyl (C=O) groups excluding carboxylic acids is 1. The summed E-state index contributed by atoms with van der Waals surface area (Å²) in [5, 5.41) is 3.02. The number of nitrogens with two attached hydrogens (primary N) is 1. The molecule has 0 spiro atoms. The number of ether oxygens (including phenoxy) is 3. The maximum absolute atomic E-state index is 10.1. The summed E-state index contributed by atoms with van der Waals surface area (Å²) in [6, 6.07) is 0. The van der Waals surface area contributed by atoms with Gasteiger partial charge in [-0.25, -0.2) is 4.79 Å². The van der Waals surface area contributed by atoms with Gasteiger partial charge in [0.2, 0.25) is 0 Å². The summed E-state index contributed by atoms with van der Waals surface area (Å²) in [6.45, 7) is 3.39. The third-order valence-corrected chi connectivity index (χ3v) is 1.38. The van der Waals surface area contributed by atoms with Gasteiger partial charge in [0.25, 0.3) is 0 Å². The summed E-state index contributed by atoms with van der Waals surface area (Å²) in [5.41, 5.74) is 4.76. The SMILES string of the molecule is COCCOCCNCCOC(N)=O. The third-order valence-electron chi connectivity index (χ3n) is 1.38. The number of hydrogen-bond acceptors (Lipinski definition) is 5. The topological polar surface area (TPSA) is 82.8 Å². The monoisotopic (exact) mass is 206 g/mol. The Balaban J connectivity index is 2.88. The second kappa shape index (κ2) is 10.2. The molecule has 0 atom stereocenters. The lowest BCUT2D eigenvalue weighted by Gasteiger charge is -2.05. The van der Waals surface area contributed by atoms with Gasteiger partial charge in [-0.1, -0.05) is 0 Å². The number of carbonyl (C=O) groups is 1. The van der Waals surface area contributed by atoms with E-state index in [1.165, 1.54) is 0 Å². The average molecular weight is 206 g/mol. The molecule has 0 aliphatic rings. The van der Waals surface area contributed by atoms with Crippen molar-refractivity contribution in [1.82, 2.24) is 5.32 Å². The van der Waals surface area contributed by atoms with Crippen LogP contribution in [0.25, 0.3) is 0 Å². The van der Waals surface area contributed by atoms with Crippen molar-refractivity contribution in [1.29, 1.82) is 0 Å². The number of rotatable bonds is 9. The first-order valence-corrected chi connectivity index (χ1v) is 4.47. The Bertz CT molecular complexity index is 143. The Hall–Kier alpha value is -0.850. The van der Waals surface area contributed by atoms with E-state index in [-0.39, 0.29) is 6.61 Å². The van der Waals surface area contributed by atoms with Crippen molar-refractivity contribution in [3.05, 3.63) is 0 Å². The predicted octanol–water partition coefficient (Wildman–Crippen LogP) is -0.666. The van der Waals surface area contributed by atoms with Crippen LogP contribution in [0.4, 0.5) is 4.79 Å². The minimum Gasteiger partial charge on any atom is -0.448 e. The van der Waals surface area contributed by atoms with Crippen LogP contribution >= 0.6 is 0 Å². The van der Waals surface area contributed by atoms with Crippen molar-refractivity contribution < 1.29 is 19.0 Å². The second-order valence-electron chi connectivity index (χ2n) is 2.52. The second-order valence-corrected chi connectivity index (χ2v) is 2.52. The standard InChI is InChI=1S/C8H18N2O4/c1-12-6-7-13-4-2-10-3-5-14-8(9)11/h10H,2-7H2,1H3,(H2,9,11). The Kier molecular flexibility index (Phi) is 9.61. The van der Waals surface area contributed by atoms with Crippen LogP contribution in [0.3, 0.4) is 0 Å². The van der Waals surface area contributed by atoms with Gasteiger partial charge >= 0.3 is 6.09 Å². The van der Waals surface area contributed by atoms with Gasteiger partial charge in [0.05, 0.1) is 19.8 Å². The van der Waals surface area contributed by atoms with E-state index in [0.29, 0.717) is 32.9 Å². The summed E-state index contributed by atoms with van der Waals surface area (Å²) < 4.78 is 14.5. The quantitative estimate of drug-likeness (QED) is 0.489. The maximum atomic E-state index is 10.1. The Morgan fingerprint density at radius 2 is 1.93 bits per heavy atom. The highest BCUT2D eigenvalue weighted by Crippen LogP contribution is 1.75. The Morgan fingerprint density at radius 1 is 1.21 bits per heavy atom. The molecule has 6 nitrogen and oxygen atoms in total. The molecule has 0 aromatic heterocycles. The molecule has 0 bridgehead atoms. The minimum atomic E-state index is -0.747. The molecule has 0 radical (unpaired) electrons. The highest BCUT2D eigenvalue weighted by atomic mass is 16.5. The van der Waals surface area contributed by atoms with Gasteiger partial charge in [0.15, 0.2) is 0 Å². The lowest BCUT2D eigenvalue weighted by Crippen LogP contribution is -2.26. The number of nitrogens with one attached hydrogen (secondary N) is 1. The zero-order chi connectivity index (χ0) is 10.6. The molecule has 3 N–H and O–H groups in total. The van der Waals surface area contributed by atoms with Crippen molar-refractivity contribution >= 4 is 6.09 Å². The zero-order valence-corrected chi connectivity index (χ0v) is 8.45. The number of hydrogen-bond donors (Lipinski definition) is 2. The molecule has 84 valence electrons. The van der Waals surface area contributed by atoms with Crippen LogP contribution in [0.5, 0.6) is 0 Å². The average Bonchev–Trinajstić information content (AvgIpc) is 2.15. The normalized spacial score (nSPS) is 10.1. The zero-order valence-electron chi connectivity index (χ0n) is 8.45.